The molecule has 2 rings (SSSR count). The summed E-state index contributed by atoms with van der Waals surface area (Å²) in [5, 5.41) is 6.54. The van der Waals surface area contributed by atoms with E-state index in [1.807, 2.05) is 29.5 Å². The van der Waals surface area contributed by atoms with E-state index in [0.717, 1.165) is 11.4 Å². The minimum Gasteiger partial charge on any atom is -0.307 e. The van der Waals surface area contributed by atoms with Crippen LogP contribution in [0.15, 0.2) is 41.8 Å². The van der Waals surface area contributed by atoms with Gasteiger partial charge in [-0.2, -0.15) is 0 Å². The molecule has 0 radical (unpaired) electrons. The van der Waals surface area contributed by atoms with Crippen molar-refractivity contribution < 1.29 is 0 Å². The van der Waals surface area contributed by atoms with Crippen molar-refractivity contribution in [1.29, 1.82) is 0 Å². The Labute approximate surface area is 118 Å². The molecule has 0 saturated carbocycles. The van der Waals surface area contributed by atoms with Crippen LogP contribution in [-0.2, 0) is 6.42 Å². The minimum absolute atomic E-state index is 0.318. The number of hydrogen-bond donors (Lipinski definition) is 1. The van der Waals surface area contributed by atoms with Crippen LogP contribution in [0.4, 0.5) is 0 Å². The fourth-order valence-corrected chi connectivity index (χ4v) is 3.12. The fraction of sp³-hybridized carbons (Fsp3) is 0.333. The number of hydrogen-bond acceptors (Lipinski definition) is 2. The lowest BCUT2D eigenvalue weighted by Crippen LogP contribution is -2.30. The van der Waals surface area contributed by atoms with Crippen LogP contribution in [-0.4, -0.2) is 6.04 Å². The van der Waals surface area contributed by atoms with Crippen LogP contribution in [0, 0.1) is 0 Å². The van der Waals surface area contributed by atoms with Gasteiger partial charge in [0.1, 0.15) is 0 Å². The molecule has 1 aromatic carbocycles. The van der Waals surface area contributed by atoms with Crippen LogP contribution < -0.4 is 5.32 Å². The molecular formula is C15H18ClNS. The van der Waals surface area contributed by atoms with E-state index in [4.69, 9.17) is 11.6 Å². The Morgan fingerprint density at radius 2 is 2.06 bits per heavy atom. The van der Waals surface area contributed by atoms with Gasteiger partial charge >= 0.3 is 0 Å². The molecule has 0 saturated heterocycles. The second-order valence-corrected chi connectivity index (χ2v) is 6.10. The van der Waals surface area contributed by atoms with E-state index < -0.39 is 0 Å². The third-order valence-electron chi connectivity index (χ3n) is 2.97. The van der Waals surface area contributed by atoms with Crippen molar-refractivity contribution in [3.05, 3.63) is 57.2 Å². The number of thiophene rings is 1. The lowest BCUT2D eigenvalue weighted by Gasteiger charge is -2.20. The molecule has 0 bridgehead atoms. The fourth-order valence-electron chi connectivity index (χ4n) is 2.09. The van der Waals surface area contributed by atoms with E-state index in [1.54, 1.807) is 0 Å². The number of nitrogens with one attached hydrogen (secondary N) is 1. The average Bonchev–Trinajstić information content (AvgIpc) is 2.81. The maximum Gasteiger partial charge on any atom is 0.0409 e. The summed E-state index contributed by atoms with van der Waals surface area (Å²) in [6.07, 6.45) is 1.07. The van der Waals surface area contributed by atoms with Crippen LogP contribution in [0.1, 0.15) is 30.3 Å². The highest BCUT2D eigenvalue weighted by Crippen LogP contribution is 2.19. The summed E-state index contributed by atoms with van der Waals surface area (Å²) in [6.45, 7) is 4.40. The molecule has 1 N–H and O–H groups in total. The zero-order valence-corrected chi connectivity index (χ0v) is 12.3. The molecule has 1 heterocycles. The van der Waals surface area contributed by atoms with Crippen molar-refractivity contribution in [2.75, 3.05) is 0 Å². The smallest absolute Gasteiger partial charge is 0.0409 e. The Balaban J connectivity index is 1.92. The summed E-state index contributed by atoms with van der Waals surface area (Å²) in [4.78, 5) is 1.42. The lowest BCUT2D eigenvalue weighted by atomic mass is 10.1. The zero-order valence-electron chi connectivity index (χ0n) is 10.7. The van der Waals surface area contributed by atoms with Crippen LogP contribution in [0.3, 0.4) is 0 Å². The summed E-state index contributed by atoms with van der Waals surface area (Å²) in [6, 6.07) is 13.1. The standard InChI is InChI=1S/C15H18ClNS/c1-11(9-15-7-4-8-18-15)17-12(2)13-5-3-6-14(16)10-13/h3-8,10-12,17H,9H2,1-2H3. The van der Waals surface area contributed by atoms with Gasteiger partial charge in [-0.1, -0.05) is 29.8 Å². The second kappa shape index (κ2) is 6.37. The van der Waals surface area contributed by atoms with Crippen molar-refractivity contribution in [3.63, 3.8) is 0 Å². The third kappa shape index (κ3) is 3.84. The molecule has 1 aromatic heterocycles. The summed E-state index contributed by atoms with van der Waals surface area (Å²) in [5.41, 5.74) is 1.24. The highest BCUT2D eigenvalue weighted by molar-refractivity contribution is 7.09. The Morgan fingerprint density at radius 1 is 1.22 bits per heavy atom. The van der Waals surface area contributed by atoms with Gasteiger partial charge in [0.2, 0.25) is 0 Å². The molecule has 0 aliphatic heterocycles. The topological polar surface area (TPSA) is 12.0 Å². The lowest BCUT2D eigenvalue weighted by molar-refractivity contribution is 0.479. The van der Waals surface area contributed by atoms with Gasteiger partial charge in [-0.05, 0) is 49.4 Å². The zero-order chi connectivity index (χ0) is 13.0. The largest absolute Gasteiger partial charge is 0.307 e. The van der Waals surface area contributed by atoms with Crippen molar-refractivity contribution in [2.45, 2.75) is 32.4 Å². The molecular weight excluding hydrogens is 262 g/mol. The Bertz CT molecular complexity index is 481. The molecule has 0 amide bonds. The highest BCUT2D eigenvalue weighted by atomic mass is 35.5. The maximum absolute atomic E-state index is 6.01. The van der Waals surface area contributed by atoms with E-state index in [9.17, 15) is 0 Å². The minimum atomic E-state index is 0.318. The SMILES string of the molecule is CC(Cc1cccs1)NC(C)c1cccc(Cl)c1. The van der Waals surface area contributed by atoms with Gasteiger partial charge in [0.25, 0.3) is 0 Å². The molecule has 3 heteroatoms. The molecule has 0 aliphatic rings. The van der Waals surface area contributed by atoms with Crippen LogP contribution in [0.25, 0.3) is 0 Å². The van der Waals surface area contributed by atoms with E-state index in [1.165, 1.54) is 10.4 Å². The van der Waals surface area contributed by atoms with Crippen molar-refractivity contribution in [3.8, 4) is 0 Å². The van der Waals surface area contributed by atoms with Crippen LogP contribution in [0.5, 0.6) is 0 Å². The summed E-state index contributed by atoms with van der Waals surface area (Å²) >= 11 is 7.83. The molecule has 0 aliphatic carbocycles. The monoisotopic (exact) mass is 279 g/mol. The van der Waals surface area contributed by atoms with E-state index >= 15 is 0 Å². The molecule has 2 atom stereocenters. The summed E-state index contributed by atoms with van der Waals surface area (Å²) < 4.78 is 0. The van der Waals surface area contributed by atoms with Crippen LogP contribution in [0.2, 0.25) is 5.02 Å². The molecule has 0 fully saturated rings. The second-order valence-electron chi connectivity index (χ2n) is 4.63. The van der Waals surface area contributed by atoms with Crippen molar-refractivity contribution in [2.24, 2.45) is 0 Å². The van der Waals surface area contributed by atoms with Gasteiger partial charge in [0.15, 0.2) is 0 Å². The summed E-state index contributed by atoms with van der Waals surface area (Å²) in [5.74, 6) is 0. The predicted molar refractivity (Wildman–Crippen MR) is 80.5 cm³/mol. The number of rotatable bonds is 5. The maximum atomic E-state index is 6.01. The Hall–Kier alpha value is -0.830. The number of halogens is 1. The van der Waals surface area contributed by atoms with E-state index in [2.05, 4.69) is 42.7 Å². The Morgan fingerprint density at radius 3 is 2.72 bits per heavy atom. The van der Waals surface area contributed by atoms with Crippen molar-refractivity contribution in [1.82, 2.24) is 5.32 Å². The molecule has 2 aromatic rings. The first-order valence-corrected chi connectivity index (χ1v) is 7.45. The van der Waals surface area contributed by atoms with Gasteiger partial charge in [-0.25, -0.2) is 0 Å². The highest BCUT2D eigenvalue weighted by Gasteiger charge is 2.10. The van der Waals surface area contributed by atoms with Gasteiger partial charge in [-0.15, -0.1) is 11.3 Å². The quantitative estimate of drug-likeness (QED) is 0.838. The Kier molecular flexibility index (Phi) is 4.81. The first kappa shape index (κ1) is 13.6. The molecule has 0 spiro atoms. The van der Waals surface area contributed by atoms with Gasteiger partial charge in [0, 0.05) is 22.0 Å². The van der Waals surface area contributed by atoms with Gasteiger partial charge in [-0.3, -0.25) is 0 Å². The van der Waals surface area contributed by atoms with Crippen molar-refractivity contribution >= 4 is 22.9 Å². The molecule has 96 valence electrons. The van der Waals surface area contributed by atoms with Gasteiger partial charge < -0.3 is 5.32 Å². The van der Waals surface area contributed by atoms with Crippen LogP contribution >= 0.6 is 22.9 Å². The average molecular weight is 280 g/mol. The first-order chi connectivity index (χ1) is 8.65. The molecule has 1 nitrogen and oxygen atoms in total. The summed E-state index contributed by atoms with van der Waals surface area (Å²) in [7, 11) is 0. The molecule has 18 heavy (non-hydrogen) atoms. The van der Waals surface area contributed by atoms with E-state index in [0.29, 0.717) is 12.1 Å². The third-order valence-corrected chi connectivity index (χ3v) is 4.10. The predicted octanol–water partition coefficient (Wildman–Crippen LogP) is 4.68. The number of benzene rings is 1. The molecule has 2 unspecified atom stereocenters. The van der Waals surface area contributed by atoms with E-state index in [-0.39, 0.29) is 0 Å². The normalized spacial score (nSPS) is 14.4. The van der Waals surface area contributed by atoms with Gasteiger partial charge in [0.05, 0.1) is 0 Å². The first-order valence-electron chi connectivity index (χ1n) is 6.19.